The van der Waals surface area contributed by atoms with Crippen molar-refractivity contribution in [1.29, 1.82) is 5.26 Å². The second-order valence-electron chi connectivity index (χ2n) is 6.81. The van der Waals surface area contributed by atoms with Gasteiger partial charge in [-0.15, -0.1) is 0 Å². The van der Waals surface area contributed by atoms with E-state index in [9.17, 15) is 5.26 Å². The van der Waals surface area contributed by atoms with Gasteiger partial charge in [0.15, 0.2) is 0 Å². The summed E-state index contributed by atoms with van der Waals surface area (Å²) in [7, 11) is 4.25. The number of nitrogens with one attached hydrogen (secondary N) is 1. The molecule has 0 aromatic rings. The molecule has 4 heteroatoms. The fourth-order valence-corrected chi connectivity index (χ4v) is 3.05. The maximum absolute atomic E-state index is 9.57. The number of hydrogen-bond acceptors (Lipinski definition) is 4. The smallest absolute Gasteiger partial charge is 0.106 e. The van der Waals surface area contributed by atoms with Gasteiger partial charge in [-0.1, -0.05) is 13.8 Å². The zero-order valence-electron chi connectivity index (χ0n) is 14.7. The topological polar surface area (TPSA) is 42.3 Å². The van der Waals surface area contributed by atoms with Crippen molar-refractivity contribution in [3.63, 3.8) is 0 Å². The van der Waals surface area contributed by atoms with Crippen LogP contribution in [0.25, 0.3) is 0 Å². The molecule has 2 atom stereocenters. The van der Waals surface area contributed by atoms with E-state index in [-0.39, 0.29) is 5.54 Å². The average molecular weight is 294 g/mol. The van der Waals surface area contributed by atoms with E-state index in [0.29, 0.717) is 12.1 Å². The minimum Gasteiger partial charge on any atom is -0.308 e. The van der Waals surface area contributed by atoms with Crippen molar-refractivity contribution in [1.82, 2.24) is 15.1 Å². The normalized spacial score (nSPS) is 19.5. The molecule has 0 radical (unpaired) electrons. The lowest BCUT2D eigenvalue weighted by Gasteiger charge is -2.32. The van der Waals surface area contributed by atoms with Gasteiger partial charge in [-0.2, -0.15) is 5.26 Å². The van der Waals surface area contributed by atoms with E-state index in [1.54, 1.807) is 0 Å². The molecule has 0 amide bonds. The number of nitrogens with zero attached hydrogens (tertiary/aromatic N) is 3. The van der Waals surface area contributed by atoms with E-state index in [2.05, 4.69) is 56.1 Å². The number of hydrogen-bond donors (Lipinski definition) is 1. The Hall–Kier alpha value is -0.630. The van der Waals surface area contributed by atoms with E-state index in [1.807, 2.05) is 0 Å². The number of likely N-dealkylation sites (N-methyl/N-ethyl adjacent to an activating group) is 2. The molecule has 122 valence electrons. The minimum absolute atomic E-state index is 0.300. The Kier molecular flexibility index (Phi) is 7.65. The Morgan fingerprint density at radius 3 is 2.43 bits per heavy atom. The zero-order chi connectivity index (χ0) is 15.9. The van der Waals surface area contributed by atoms with Crippen LogP contribution >= 0.6 is 0 Å². The van der Waals surface area contributed by atoms with Gasteiger partial charge in [0.1, 0.15) is 5.54 Å². The van der Waals surface area contributed by atoms with Crippen molar-refractivity contribution in [3.05, 3.63) is 0 Å². The van der Waals surface area contributed by atoms with Crippen LogP contribution in [0.5, 0.6) is 0 Å². The summed E-state index contributed by atoms with van der Waals surface area (Å²) in [5, 5.41) is 13.1. The molecular weight excluding hydrogens is 260 g/mol. The first-order valence-corrected chi connectivity index (χ1v) is 8.54. The second kappa shape index (κ2) is 8.73. The van der Waals surface area contributed by atoms with Gasteiger partial charge in [-0.25, -0.2) is 0 Å². The summed E-state index contributed by atoms with van der Waals surface area (Å²) in [5.74, 6) is 0. The SMILES string of the molecule is CCN(CCCC(C#N)(CC)NC1CC1)C(C)CN(C)C. The van der Waals surface area contributed by atoms with Gasteiger partial charge in [0, 0.05) is 18.6 Å². The van der Waals surface area contributed by atoms with Crippen LogP contribution in [0, 0.1) is 11.3 Å². The van der Waals surface area contributed by atoms with Crippen LogP contribution in [0.2, 0.25) is 0 Å². The predicted molar refractivity (Wildman–Crippen MR) is 89.3 cm³/mol. The summed E-state index contributed by atoms with van der Waals surface area (Å²) in [6.45, 7) is 9.91. The first kappa shape index (κ1) is 18.4. The fourth-order valence-electron chi connectivity index (χ4n) is 3.05. The van der Waals surface area contributed by atoms with Crippen LogP contribution in [-0.2, 0) is 0 Å². The molecule has 0 spiro atoms. The van der Waals surface area contributed by atoms with Gasteiger partial charge in [0.2, 0.25) is 0 Å². The molecule has 0 aromatic heterocycles. The van der Waals surface area contributed by atoms with E-state index in [1.165, 1.54) is 12.8 Å². The van der Waals surface area contributed by atoms with Gasteiger partial charge < -0.3 is 4.90 Å². The predicted octanol–water partition coefficient (Wildman–Crippen LogP) is 2.46. The quantitative estimate of drug-likeness (QED) is 0.635. The third-order valence-corrected chi connectivity index (χ3v) is 4.58. The van der Waals surface area contributed by atoms with Gasteiger partial charge >= 0.3 is 0 Å². The molecule has 0 aromatic carbocycles. The molecule has 21 heavy (non-hydrogen) atoms. The molecule has 1 aliphatic carbocycles. The highest BCUT2D eigenvalue weighted by atomic mass is 15.2. The van der Waals surface area contributed by atoms with E-state index >= 15 is 0 Å². The molecule has 1 fully saturated rings. The third kappa shape index (κ3) is 6.34. The highest BCUT2D eigenvalue weighted by Crippen LogP contribution is 2.26. The lowest BCUT2D eigenvalue weighted by Crippen LogP contribution is -2.46. The molecule has 1 rings (SSSR count). The highest BCUT2D eigenvalue weighted by Gasteiger charge is 2.34. The van der Waals surface area contributed by atoms with Crippen LogP contribution in [0.1, 0.15) is 52.9 Å². The highest BCUT2D eigenvalue weighted by molar-refractivity contribution is 5.09. The Bertz CT molecular complexity index is 332. The van der Waals surface area contributed by atoms with Crippen molar-refractivity contribution in [2.45, 2.75) is 70.5 Å². The van der Waals surface area contributed by atoms with Gasteiger partial charge in [-0.3, -0.25) is 10.2 Å². The fraction of sp³-hybridized carbons (Fsp3) is 0.941. The van der Waals surface area contributed by atoms with Crippen molar-refractivity contribution in [3.8, 4) is 6.07 Å². The molecule has 1 aliphatic rings. The van der Waals surface area contributed by atoms with Gasteiger partial charge in [0.05, 0.1) is 6.07 Å². The maximum atomic E-state index is 9.57. The Balaban J connectivity index is 2.42. The molecule has 2 unspecified atom stereocenters. The van der Waals surface area contributed by atoms with Crippen molar-refractivity contribution < 1.29 is 0 Å². The Morgan fingerprint density at radius 2 is 2.00 bits per heavy atom. The second-order valence-corrected chi connectivity index (χ2v) is 6.81. The van der Waals surface area contributed by atoms with E-state index in [4.69, 9.17) is 0 Å². The van der Waals surface area contributed by atoms with E-state index in [0.717, 1.165) is 38.9 Å². The largest absolute Gasteiger partial charge is 0.308 e. The van der Waals surface area contributed by atoms with E-state index < -0.39 is 0 Å². The first-order chi connectivity index (χ1) is 9.96. The average Bonchev–Trinajstić information content (AvgIpc) is 3.25. The molecule has 0 aliphatic heterocycles. The van der Waals surface area contributed by atoms with Crippen LogP contribution in [0.4, 0.5) is 0 Å². The van der Waals surface area contributed by atoms with Crippen LogP contribution in [-0.4, -0.2) is 61.2 Å². The molecule has 4 nitrogen and oxygen atoms in total. The van der Waals surface area contributed by atoms with Crippen molar-refractivity contribution in [2.24, 2.45) is 0 Å². The Labute approximate surface area is 131 Å². The number of nitriles is 1. The van der Waals surface area contributed by atoms with Crippen molar-refractivity contribution >= 4 is 0 Å². The van der Waals surface area contributed by atoms with Crippen molar-refractivity contribution in [2.75, 3.05) is 33.7 Å². The molecule has 1 N–H and O–H groups in total. The molecular formula is C17H34N4. The molecule has 1 saturated carbocycles. The van der Waals surface area contributed by atoms with Gasteiger partial charge in [0.25, 0.3) is 0 Å². The monoisotopic (exact) mass is 294 g/mol. The van der Waals surface area contributed by atoms with Crippen LogP contribution < -0.4 is 5.32 Å². The summed E-state index contributed by atoms with van der Waals surface area (Å²) in [6, 6.07) is 3.72. The first-order valence-electron chi connectivity index (χ1n) is 8.54. The van der Waals surface area contributed by atoms with Gasteiger partial charge in [-0.05, 0) is 66.2 Å². The molecule has 0 bridgehead atoms. The third-order valence-electron chi connectivity index (χ3n) is 4.58. The summed E-state index contributed by atoms with van der Waals surface area (Å²) in [5.41, 5.74) is -0.300. The van der Waals surface area contributed by atoms with Crippen LogP contribution in [0.3, 0.4) is 0 Å². The molecule has 0 heterocycles. The lowest BCUT2D eigenvalue weighted by atomic mass is 9.91. The summed E-state index contributed by atoms with van der Waals surface area (Å²) in [4.78, 5) is 4.77. The van der Waals surface area contributed by atoms with Crippen LogP contribution in [0.15, 0.2) is 0 Å². The number of rotatable bonds is 11. The summed E-state index contributed by atoms with van der Waals surface area (Å²) < 4.78 is 0. The maximum Gasteiger partial charge on any atom is 0.106 e. The summed E-state index contributed by atoms with van der Waals surface area (Å²) in [6.07, 6.45) is 5.43. The standard InChI is InChI=1S/C17H34N4/c1-6-17(14-18,19-16-9-10-16)11-8-12-21(7-2)15(3)13-20(4)5/h15-16,19H,6-13H2,1-5H3. The Morgan fingerprint density at radius 1 is 1.33 bits per heavy atom. The molecule has 0 saturated heterocycles. The summed E-state index contributed by atoms with van der Waals surface area (Å²) >= 11 is 0. The zero-order valence-corrected chi connectivity index (χ0v) is 14.7. The lowest BCUT2D eigenvalue weighted by molar-refractivity contribution is 0.173. The minimum atomic E-state index is -0.300.